The van der Waals surface area contributed by atoms with Crippen molar-refractivity contribution in [2.24, 2.45) is 11.7 Å². The minimum absolute atomic E-state index is 0.00501. The number of urea groups is 2. The largest absolute Gasteiger partial charge is 0.508 e. The number of halogens is 6. The number of rotatable bonds is 53. The topological polar surface area (TPSA) is 623 Å². The van der Waals surface area contributed by atoms with Crippen molar-refractivity contribution in [1.29, 1.82) is 0 Å². The van der Waals surface area contributed by atoms with E-state index in [9.17, 15) is 102 Å². The van der Waals surface area contributed by atoms with E-state index < -0.39 is 184 Å². The zero-order valence-electron chi connectivity index (χ0n) is 74.9. The van der Waals surface area contributed by atoms with E-state index in [1.165, 1.54) is 82.7 Å². The Bertz CT molecular complexity index is 6220. The first-order chi connectivity index (χ1) is 67.2. The quantitative estimate of drug-likeness (QED) is 0.00728. The number of ether oxygens (including phenoxy) is 7. The van der Waals surface area contributed by atoms with E-state index in [1.807, 2.05) is 0 Å². The Morgan fingerprint density at radius 2 is 1.13 bits per heavy atom. The van der Waals surface area contributed by atoms with Crippen molar-refractivity contribution in [3.8, 4) is 56.4 Å². The number of phenolic OH excluding ortho intramolecular Hbond substituents is 2. The Morgan fingerprint density at radius 3 is 1.77 bits per heavy atom. The van der Waals surface area contributed by atoms with Crippen LogP contribution >= 0.6 is 93.1 Å². The van der Waals surface area contributed by atoms with Crippen LogP contribution in [0.2, 0.25) is 30.1 Å². The molecule has 15 N–H and O–H groups in total. The summed E-state index contributed by atoms with van der Waals surface area (Å²) in [6.07, 6.45) is 0.629. The van der Waals surface area contributed by atoms with Crippen LogP contribution in [0.4, 0.5) is 9.59 Å². The number of fused-ring (bicyclic) bond motifs is 4. The molecule has 0 bridgehead atoms. The van der Waals surface area contributed by atoms with E-state index in [4.69, 9.17) is 144 Å². The van der Waals surface area contributed by atoms with E-state index >= 15 is 0 Å². The molecule has 44 nitrogen and oxygen atoms in total. The lowest BCUT2D eigenvalue weighted by molar-refractivity contribution is -0.127. The molecule has 0 radical (unpaired) electrons. The first-order valence-electron chi connectivity index (χ1n) is 43.9. The van der Waals surface area contributed by atoms with Crippen LogP contribution in [0.5, 0.6) is 11.5 Å². The highest BCUT2D eigenvalue weighted by molar-refractivity contribution is 7.47. The summed E-state index contributed by atoms with van der Waals surface area (Å²) in [7, 11) is -14.1. The fraction of sp³-hybridized carbons (Fsp3) is 0.432. The zero-order chi connectivity index (χ0) is 102. The van der Waals surface area contributed by atoms with Gasteiger partial charge in [0.05, 0.1) is 154 Å². The average molecular weight is 2150 g/mol. The lowest BCUT2D eigenvalue weighted by Crippen LogP contribution is -2.57. The van der Waals surface area contributed by atoms with E-state index in [0.29, 0.717) is 67.0 Å². The van der Waals surface area contributed by atoms with Gasteiger partial charge < -0.3 is 109 Å². The number of carboxylic acid groups (broad SMARTS) is 2. The number of carbonyl (C=O) groups is 8. The monoisotopic (exact) mass is 2150 g/mol. The number of unbranched alkanes of at least 4 members (excludes halogenated alkanes) is 6. The van der Waals surface area contributed by atoms with Gasteiger partial charge in [0.2, 0.25) is 17.2 Å². The average Bonchev–Trinajstić information content (AvgIpc) is 1.39. The molecule has 2 aliphatic carbocycles. The van der Waals surface area contributed by atoms with Crippen LogP contribution in [0.1, 0.15) is 113 Å². The van der Waals surface area contributed by atoms with Crippen molar-refractivity contribution in [1.82, 2.24) is 36.4 Å². The van der Waals surface area contributed by atoms with Gasteiger partial charge in [0.15, 0.2) is 22.5 Å². The van der Waals surface area contributed by atoms with Gasteiger partial charge in [0.25, 0.3) is 11.8 Å². The summed E-state index contributed by atoms with van der Waals surface area (Å²) < 4.78 is 121. The number of nitrogens with one attached hydrogen (secondary N) is 5. The molecule has 53 heteroatoms. The zero-order valence-corrected chi connectivity index (χ0v) is 82.1. The molecule has 764 valence electrons. The molecule has 6 heterocycles. The predicted molar refractivity (Wildman–Crippen MR) is 507 cm³/mol. The standard InChI is InChI=1S/C88H99Cl6N8O36P3/c1-46-42-101(87(116)99-81(46)95)68-40-61(105)65(136-68)44-133-140(120,121)131-32-28-125-23-22-124-26-30-128-64-41-69(102-43-48(83(110)100-88(102)117)11-17-67(106)96-18-6-2-3-7-19-97-82(109)47-10-14-51(54(34-47)85(112)113)70-52-15-12-49(103)35-62(52)135-63-36-50(104)13-16-53(63)70)137-66(64)45-134-141(122,123)132-33-29-127-25-24-126-27-31-130-139(118,119)129-21-9-5-4-8-20-98-84(111)73-58(89)37-55(72(74(73)92)86(114)115)71-56-38-59(90)77(107)75(93)79(56)138-80-57(71)39-60(91)78(108)76(80)94/h10-17,34-39,42,48,61,64-66,68-69,81,103,105,107H,2-9,18-33,40-41,43-45,95H2,1H3,(H,96,106)(H,97,109)(H,98,111)(H,99,116)(H,112,113)(H,114,115)(H,118,119)(H,120,121)(H,122,123)(H,100,110,117)/b17-11+/t48?,61?,64-,65?,66-,68?,69-,81?/m1/s1. The van der Waals surface area contributed by atoms with E-state index in [1.54, 1.807) is 13.0 Å². The number of phosphoric ester groups is 3. The maximum absolute atomic E-state index is 13.6. The molecular weight excluding hydrogens is 2050 g/mol. The van der Waals surface area contributed by atoms with Crippen molar-refractivity contribution in [3.63, 3.8) is 0 Å². The number of hydrogen-bond acceptors (Lipinski definition) is 32. The smallest absolute Gasteiger partial charge is 0.472 e. The molecule has 6 aliphatic heterocycles. The molecule has 0 spiro atoms. The number of carbonyl (C=O) groups excluding carboxylic acids is 6. The highest BCUT2D eigenvalue weighted by atomic mass is 35.5. The maximum atomic E-state index is 13.6. The number of hydrogen-bond donors (Lipinski definition) is 14. The molecule has 0 saturated carbocycles. The summed E-state index contributed by atoms with van der Waals surface area (Å²) in [5, 5.41) is 63.3. The minimum atomic E-state index is -4.88. The number of nitrogens with zero attached hydrogens (tertiary/aromatic N) is 2. The predicted octanol–water partition coefficient (Wildman–Crippen LogP) is 11.9. The van der Waals surface area contributed by atoms with Crippen LogP contribution in [-0.4, -0.2) is 266 Å². The molecule has 11 atom stereocenters. The number of phenols is 2. The number of aliphatic hydroxyl groups is 1. The maximum Gasteiger partial charge on any atom is 0.472 e. The Hall–Kier alpha value is -9.39. The van der Waals surface area contributed by atoms with Crippen LogP contribution in [0.3, 0.4) is 0 Å². The van der Waals surface area contributed by atoms with E-state index in [0.717, 1.165) is 12.1 Å². The van der Waals surface area contributed by atoms with Crippen LogP contribution in [0, 0.1) is 5.92 Å². The van der Waals surface area contributed by atoms with Gasteiger partial charge in [0, 0.05) is 102 Å². The van der Waals surface area contributed by atoms with E-state index in [2.05, 4.69) is 26.6 Å². The number of carboxylic acids is 2. The summed E-state index contributed by atoms with van der Waals surface area (Å²) in [6.45, 7) is -1.72. The van der Waals surface area contributed by atoms with Crippen LogP contribution in [0.25, 0.3) is 66.8 Å². The molecule has 3 saturated heterocycles. The number of imide groups is 1. The molecule has 8 amide bonds. The lowest BCUT2D eigenvalue weighted by atomic mass is 9.89. The lowest BCUT2D eigenvalue weighted by Gasteiger charge is -2.34. The summed E-state index contributed by atoms with van der Waals surface area (Å²) in [4.78, 5) is 164. The Kier molecular flexibility index (Phi) is 39.9. The van der Waals surface area contributed by atoms with Gasteiger partial charge in [-0.3, -0.25) is 71.0 Å². The summed E-state index contributed by atoms with van der Waals surface area (Å²) >= 11 is 38.7. The second-order valence-corrected chi connectivity index (χ2v) is 38.9. The molecule has 0 aromatic heterocycles. The number of aromatic carboxylic acids is 2. The van der Waals surface area contributed by atoms with Crippen LogP contribution in [0.15, 0.2) is 115 Å². The molecule has 8 aliphatic rings. The molecule has 12 rings (SSSR count). The third-order valence-electron chi connectivity index (χ3n) is 22.4. The highest BCUT2D eigenvalue weighted by Crippen LogP contribution is 2.53. The van der Waals surface area contributed by atoms with Gasteiger partial charge in [-0.05, 0) is 104 Å². The Labute approximate surface area is 832 Å². The fourth-order valence-electron chi connectivity index (χ4n) is 15.4. The number of benzene rings is 6. The number of aromatic hydroxyl groups is 2. The van der Waals surface area contributed by atoms with Crippen LogP contribution in [-0.2, 0) is 83.6 Å². The molecule has 8 unspecified atom stereocenters. The SMILES string of the molecule is CC1=CN(C2CC(O)C(COP(=O)(O)OCCOCCOCCO[C@@H]3C[C@H](N4CC(/C=C/C(=O)NCCCCCCNC(=O)c5ccc(-c6c7ccc(=O)cc-7oc7cc(O)ccc67)c(C(=O)O)c5)C(=O)NC4=O)O[C@@H]3COP(=O)(O)OCCOCCOCCOP(=O)(O)OCCCCCCNC(=O)c3c(Cl)cc(-c4c5cc(Cl)c(=O)c(Cl)c-5oc5c(Cl)c(O)c(Cl)cc45)c(C(=O)O)c3Cl)O2)C(=O)NC1N. The molecule has 4 aromatic carbocycles. The van der Waals surface area contributed by atoms with Gasteiger partial charge in [-0.2, -0.15) is 0 Å². The summed E-state index contributed by atoms with van der Waals surface area (Å²) in [6, 6.07) is 14.8. The van der Waals surface area contributed by atoms with Gasteiger partial charge in [0.1, 0.15) is 58.0 Å². The minimum Gasteiger partial charge on any atom is -0.508 e. The van der Waals surface area contributed by atoms with Crippen molar-refractivity contribution in [2.75, 3.05) is 125 Å². The number of aliphatic hydroxyl groups excluding tert-OH is 1. The van der Waals surface area contributed by atoms with Crippen LogP contribution < -0.4 is 43.2 Å². The highest BCUT2D eigenvalue weighted by Gasteiger charge is 2.47. The molecule has 141 heavy (non-hydrogen) atoms. The van der Waals surface area contributed by atoms with Crippen molar-refractivity contribution >= 4 is 163 Å². The fourth-order valence-corrected chi connectivity index (χ4v) is 19.2. The number of amides is 8. The molecular formula is C88H99Cl6N8O36P3. The van der Waals surface area contributed by atoms with Gasteiger partial charge in [-0.1, -0.05) is 107 Å². The van der Waals surface area contributed by atoms with Crippen molar-refractivity contribution in [3.05, 3.63) is 170 Å². The van der Waals surface area contributed by atoms with Crippen molar-refractivity contribution in [2.45, 2.75) is 114 Å². The van der Waals surface area contributed by atoms with Gasteiger partial charge >= 0.3 is 47.5 Å². The second-order valence-electron chi connectivity index (χ2n) is 32.1. The molecule has 3 fully saturated rings. The Balaban J connectivity index is 0.539. The Morgan fingerprint density at radius 1 is 0.553 bits per heavy atom. The second kappa shape index (κ2) is 50.9. The first-order valence-corrected chi connectivity index (χ1v) is 50.7. The van der Waals surface area contributed by atoms with Gasteiger partial charge in [-0.15, -0.1) is 0 Å². The summed E-state index contributed by atoms with van der Waals surface area (Å²) in [5.41, 5.74) is 4.99. The normalized spacial score (nSPS) is 19.7. The summed E-state index contributed by atoms with van der Waals surface area (Å²) in [5.74, 6) is -7.47. The van der Waals surface area contributed by atoms with E-state index in [-0.39, 0.29) is 206 Å². The van der Waals surface area contributed by atoms with Gasteiger partial charge in [-0.25, -0.2) is 32.9 Å². The third kappa shape index (κ3) is 29.5. The first kappa shape index (κ1) is 110. The van der Waals surface area contributed by atoms with Crippen molar-refractivity contribution < 1.29 is 161 Å². The number of nitrogens with two attached hydrogens (primary N) is 1. The third-order valence-corrected chi connectivity index (χ3v) is 27.3. The molecule has 4 aromatic rings. The number of phosphoric acid groups is 3.